The quantitative estimate of drug-likeness (QED) is 0.918. The Hall–Kier alpha value is -1.26. The second kappa shape index (κ2) is 4.44. The van der Waals surface area contributed by atoms with Gasteiger partial charge in [0.05, 0.1) is 5.69 Å². The van der Waals surface area contributed by atoms with E-state index in [-0.39, 0.29) is 5.82 Å². The van der Waals surface area contributed by atoms with Crippen LogP contribution in [0, 0.1) is 12.7 Å². The van der Waals surface area contributed by atoms with E-state index in [9.17, 15) is 4.39 Å². The fourth-order valence-corrected chi connectivity index (χ4v) is 3.18. The van der Waals surface area contributed by atoms with Gasteiger partial charge in [-0.15, -0.1) is 11.3 Å². The molecule has 0 amide bonds. The molecule has 18 heavy (non-hydrogen) atoms. The summed E-state index contributed by atoms with van der Waals surface area (Å²) in [5.74, 6) is 0.380. The van der Waals surface area contributed by atoms with Gasteiger partial charge in [-0.05, 0) is 43.5 Å². The highest BCUT2D eigenvalue weighted by Crippen LogP contribution is 2.44. The standard InChI is InChI=1S/C14H15FN2S/c1-8-4-10(6-11(15)5-8)14-17-13(9-2-3-9)12(7-16)18-14/h4-6,9H,2-3,7,16H2,1H3. The first-order chi connectivity index (χ1) is 8.67. The van der Waals surface area contributed by atoms with Crippen LogP contribution in [-0.4, -0.2) is 4.98 Å². The van der Waals surface area contributed by atoms with Gasteiger partial charge < -0.3 is 5.73 Å². The predicted molar refractivity (Wildman–Crippen MR) is 72.1 cm³/mol. The van der Waals surface area contributed by atoms with Gasteiger partial charge >= 0.3 is 0 Å². The number of benzene rings is 1. The predicted octanol–water partition coefficient (Wildman–Crippen LogP) is 3.59. The fraction of sp³-hybridized carbons (Fsp3) is 0.357. The summed E-state index contributed by atoms with van der Waals surface area (Å²) in [5.41, 5.74) is 8.68. The maximum absolute atomic E-state index is 13.4. The Balaban J connectivity index is 2.05. The van der Waals surface area contributed by atoms with Crippen molar-refractivity contribution in [3.63, 3.8) is 0 Å². The number of hydrogen-bond donors (Lipinski definition) is 1. The van der Waals surface area contributed by atoms with E-state index in [4.69, 9.17) is 5.73 Å². The minimum atomic E-state index is -0.206. The van der Waals surface area contributed by atoms with Crippen molar-refractivity contribution in [2.24, 2.45) is 5.73 Å². The third-order valence-electron chi connectivity index (χ3n) is 3.17. The molecule has 1 aliphatic carbocycles. The van der Waals surface area contributed by atoms with Gasteiger partial charge in [-0.2, -0.15) is 0 Å². The van der Waals surface area contributed by atoms with Crippen molar-refractivity contribution in [2.45, 2.75) is 32.2 Å². The maximum Gasteiger partial charge on any atom is 0.124 e. The average Bonchev–Trinajstić information content (AvgIpc) is 3.07. The van der Waals surface area contributed by atoms with Crippen molar-refractivity contribution in [3.05, 3.63) is 40.2 Å². The molecule has 1 heterocycles. The lowest BCUT2D eigenvalue weighted by Gasteiger charge is -1.99. The third-order valence-corrected chi connectivity index (χ3v) is 4.31. The molecule has 3 rings (SSSR count). The van der Waals surface area contributed by atoms with Crippen LogP contribution < -0.4 is 5.73 Å². The highest BCUT2D eigenvalue weighted by molar-refractivity contribution is 7.15. The molecule has 1 aromatic carbocycles. The van der Waals surface area contributed by atoms with Crippen LogP contribution in [0.2, 0.25) is 0 Å². The Labute approximate surface area is 110 Å². The molecular weight excluding hydrogens is 247 g/mol. The molecule has 4 heteroatoms. The van der Waals surface area contributed by atoms with E-state index in [1.165, 1.54) is 18.9 Å². The number of aryl methyl sites for hydroxylation is 1. The smallest absolute Gasteiger partial charge is 0.124 e. The highest BCUT2D eigenvalue weighted by Gasteiger charge is 2.29. The molecule has 0 bridgehead atoms. The molecule has 0 radical (unpaired) electrons. The van der Waals surface area contributed by atoms with Crippen molar-refractivity contribution in [1.29, 1.82) is 0 Å². The van der Waals surface area contributed by atoms with Gasteiger partial charge in [0.15, 0.2) is 0 Å². The van der Waals surface area contributed by atoms with Crippen molar-refractivity contribution in [3.8, 4) is 10.6 Å². The van der Waals surface area contributed by atoms with Crippen LogP contribution in [0.3, 0.4) is 0 Å². The van der Waals surface area contributed by atoms with Crippen molar-refractivity contribution >= 4 is 11.3 Å². The minimum Gasteiger partial charge on any atom is -0.326 e. The van der Waals surface area contributed by atoms with E-state index >= 15 is 0 Å². The van der Waals surface area contributed by atoms with E-state index < -0.39 is 0 Å². The van der Waals surface area contributed by atoms with Gasteiger partial charge in [-0.1, -0.05) is 0 Å². The van der Waals surface area contributed by atoms with E-state index in [0.29, 0.717) is 12.5 Å². The summed E-state index contributed by atoms with van der Waals surface area (Å²) in [5, 5.41) is 0.889. The summed E-state index contributed by atoms with van der Waals surface area (Å²) < 4.78 is 13.4. The lowest BCUT2D eigenvalue weighted by Crippen LogP contribution is -1.96. The molecule has 2 aromatic rings. The van der Waals surface area contributed by atoms with Crippen molar-refractivity contribution < 1.29 is 4.39 Å². The van der Waals surface area contributed by atoms with Gasteiger partial charge in [0.2, 0.25) is 0 Å². The van der Waals surface area contributed by atoms with E-state index in [0.717, 1.165) is 26.7 Å². The summed E-state index contributed by atoms with van der Waals surface area (Å²) in [6.45, 7) is 2.42. The molecule has 94 valence electrons. The number of thiazole rings is 1. The number of aromatic nitrogens is 1. The summed E-state index contributed by atoms with van der Waals surface area (Å²) in [7, 11) is 0. The fourth-order valence-electron chi connectivity index (χ4n) is 2.17. The lowest BCUT2D eigenvalue weighted by molar-refractivity contribution is 0.627. The van der Waals surface area contributed by atoms with Crippen LogP contribution >= 0.6 is 11.3 Å². The van der Waals surface area contributed by atoms with Crippen LogP contribution in [0.5, 0.6) is 0 Å². The van der Waals surface area contributed by atoms with Crippen LogP contribution in [0.25, 0.3) is 10.6 Å². The van der Waals surface area contributed by atoms with Crippen LogP contribution in [0.4, 0.5) is 4.39 Å². The second-order valence-electron chi connectivity index (χ2n) is 4.82. The van der Waals surface area contributed by atoms with E-state index in [1.807, 2.05) is 13.0 Å². The maximum atomic E-state index is 13.4. The normalized spacial score (nSPS) is 15.1. The second-order valence-corrected chi connectivity index (χ2v) is 5.91. The Bertz CT molecular complexity index is 567. The summed E-state index contributed by atoms with van der Waals surface area (Å²) in [6.07, 6.45) is 2.41. The number of rotatable bonds is 3. The molecule has 0 aliphatic heterocycles. The van der Waals surface area contributed by atoms with Gasteiger partial charge in [0.25, 0.3) is 0 Å². The van der Waals surface area contributed by atoms with Gasteiger partial charge in [-0.25, -0.2) is 9.37 Å². The molecule has 1 fully saturated rings. The Morgan fingerprint density at radius 3 is 2.78 bits per heavy atom. The summed E-state index contributed by atoms with van der Waals surface area (Å²) in [6, 6.07) is 5.05. The van der Waals surface area contributed by atoms with Gasteiger partial charge in [0.1, 0.15) is 10.8 Å². The van der Waals surface area contributed by atoms with Crippen molar-refractivity contribution in [1.82, 2.24) is 4.98 Å². The van der Waals surface area contributed by atoms with Crippen LogP contribution in [0.15, 0.2) is 18.2 Å². The SMILES string of the molecule is Cc1cc(F)cc(-c2nc(C3CC3)c(CN)s2)c1. The first-order valence-electron chi connectivity index (χ1n) is 6.14. The molecule has 2 nitrogen and oxygen atoms in total. The molecule has 0 spiro atoms. The Morgan fingerprint density at radius 1 is 1.39 bits per heavy atom. The first kappa shape index (κ1) is 11.8. The summed E-state index contributed by atoms with van der Waals surface area (Å²) >= 11 is 1.60. The monoisotopic (exact) mass is 262 g/mol. The van der Waals surface area contributed by atoms with Crippen LogP contribution in [-0.2, 0) is 6.54 Å². The molecule has 1 aromatic heterocycles. The molecule has 0 saturated heterocycles. The molecule has 1 saturated carbocycles. The Kier molecular flexibility index (Phi) is 2.92. The minimum absolute atomic E-state index is 0.206. The zero-order valence-corrected chi connectivity index (χ0v) is 11.1. The molecule has 0 atom stereocenters. The van der Waals surface area contributed by atoms with E-state index in [1.54, 1.807) is 17.4 Å². The molecule has 2 N–H and O–H groups in total. The van der Waals surface area contributed by atoms with Gasteiger partial charge in [0, 0.05) is 22.9 Å². The average molecular weight is 262 g/mol. The van der Waals surface area contributed by atoms with Crippen LogP contribution in [0.1, 0.15) is 34.9 Å². The first-order valence-corrected chi connectivity index (χ1v) is 6.96. The van der Waals surface area contributed by atoms with Crippen molar-refractivity contribution in [2.75, 3.05) is 0 Å². The zero-order valence-electron chi connectivity index (χ0n) is 10.2. The zero-order chi connectivity index (χ0) is 12.7. The summed E-state index contributed by atoms with van der Waals surface area (Å²) in [4.78, 5) is 5.81. The molecule has 0 unspecified atom stereocenters. The highest BCUT2D eigenvalue weighted by atomic mass is 32.1. The molecular formula is C14H15FN2S. The number of nitrogens with two attached hydrogens (primary N) is 1. The number of hydrogen-bond acceptors (Lipinski definition) is 3. The number of nitrogens with zero attached hydrogens (tertiary/aromatic N) is 1. The number of halogens is 1. The lowest BCUT2D eigenvalue weighted by atomic mass is 10.1. The Morgan fingerprint density at radius 2 is 2.17 bits per heavy atom. The topological polar surface area (TPSA) is 38.9 Å². The van der Waals surface area contributed by atoms with E-state index in [2.05, 4.69) is 4.98 Å². The largest absolute Gasteiger partial charge is 0.326 e. The third kappa shape index (κ3) is 2.18. The molecule has 1 aliphatic rings. The van der Waals surface area contributed by atoms with Gasteiger partial charge in [-0.3, -0.25) is 0 Å².